The molecule has 1 unspecified atom stereocenters. The molecule has 2 fully saturated rings. The molecular formula is C32H52ClN7O3. The van der Waals surface area contributed by atoms with Gasteiger partial charge in [-0.05, 0) is 62.8 Å². The maximum absolute atomic E-state index is 12.7. The van der Waals surface area contributed by atoms with Crippen LogP contribution in [0.1, 0.15) is 103 Å². The van der Waals surface area contributed by atoms with Gasteiger partial charge in [-0.15, -0.1) is 0 Å². The van der Waals surface area contributed by atoms with Gasteiger partial charge in [0.05, 0.1) is 0 Å². The summed E-state index contributed by atoms with van der Waals surface area (Å²) >= 11 is 5.91. The third-order valence-electron chi connectivity index (χ3n) is 8.78. The molecule has 3 rings (SSSR count). The van der Waals surface area contributed by atoms with Gasteiger partial charge in [0.25, 0.3) is 0 Å². The molecule has 1 aliphatic carbocycles. The van der Waals surface area contributed by atoms with Crippen LogP contribution in [0.2, 0.25) is 5.02 Å². The lowest BCUT2D eigenvalue weighted by Gasteiger charge is -2.52. The lowest BCUT2D eigenvalue weighted by atomic mass is 9.73. The molecular weight excluding hydrogens is 566 g/mol. The van der Waals surface area contributed by atoms with Crippen molar-refractivity contribution in [3.8, 4) is 0 Å². The van der Waals surface area contributed by atoms with Gasteiger partial charge in [0.15, 0.2) is 5.96 Å². The van der Waals surface area contributed by atoms with Gasteiger partial charge in [0, 0.05) is 54.9 Å². The Balaban J connectivity index is 1.31. The van der Waals surface area contributed by atoms with Crippen molar-refractivity contribution in [3.63, 3.8) is 0 Å². The second kappa shape index (κ2) is 18.7. The van der Waals surface area contributed by atoms with E-state index in [1.807, 2.05) is 0 Å². The summed E-state index contributed by atoms with van der Waals surface area (Å²) in [4.78, 5) is 44.2. The predicted octanol–water partition coefficient (Wildman–Crippen LogP) is 4.46. The molecule has 0 bridgehead atoms. The van der Waals surface area contributed by atoms with E-state index in [0.717, 1.165) is 70.9 Å². The fraction of sp³-hybridized carbons (Fsp3) is 0.688. The smallest absolute Gasteiger partial charge is 0.313 e. The number of guanidine groups is 1. The Morgan fingerprint density at radius 1 is 0.907 bits per heavy atom. The Morgan fingerprint density at radius 3 is 2.23 bits per heavy atom. The number of amides is 3. The number of piperidine rings is 1. The molecule has 1 saturated carbocycles. The van der Waals surface area contributed by atoms with Crippen LogP contribution in [0.3, 0.4) is 0 Å². The number of nitrogens with zero attached hydrogens (tertiary/aromatic N) is 2. The fourth-order valence-electron chi connectivity index (χ4n) is 6.50. The summed E-state index contributed by atoms with van der Waals surface area (Å²) in [7, 11) is 0. The zero-order valence-electron chi connectivity index (χ0n) is 25.7. The zero-order valence-corrected chi connectivity index (χ0v) is 26.4. The first-order valence-electron chi connectivity index (χ1n) is 16.2. The standard InChI is InChI=1S/C32H52ClN7O3/c33-25-13-15-26(16-14-25)38-29(42)30(43)39-27-17-22-40(32(24-27)18-9-7-10-19-32)23-21-36-28(41)12-8-5-3-1-2-4-6-11-20-37-31(34)35/h13-16,27H,1-12,17-24H2,(H,36,41)(H,38,42)(H,39,43)(H4,34,35,37). The number of nitrogens with two attached hydrogens (primary N) is 2. The summed E-state index contributed by atoms with van der Waals surface area (Å²) in [5.74, 6) is -0.974. The number of rotatable bonds is 16. The van der Waals surface area contributed by atoms with Gasteiger partial charge in [-0.1, -0.05) is 69.4 Å². The summed E-state index contributed by atoms with van der Waals surface area (Å²) in [6, 6.07) is 6.64. The molecule has 1 spiro atoms. The van der Waals surface area contributed by atoms with E-state index in [0.29, 0.717) is 30.2 Å². The van der Waals surface area contributed by atoms with Crippen molar-refractivity contribution >= 4 is 41.0 Å². The Bertz CT molecular complexity index is 1040. The lowest BCUT2D eigenvalue weighted by Crippen LogP contribution is -2.60. The van der Waals surface area contributed by atoms with Crippen LogP contribution >= 0.6 is 11.6 Å². The molecule has 11 heteroatoms. The summed E-state index contributed by atoms with van der Waals surface area (Å²) in [5.41, 5.74) is 11.2. The minimum Gasteiger partial charge on any atom is -0.370 e. The van der Waals surface area contributed by atoms with Crippen molar-refractivity contribution < 1.29 is 14.4 Å². The second-order valence-corrected chi connectivity index (χ2v) is 12.6. The summed E-state index contributed by atoms with van der Waals surface area (Å²) in [6.07, 6.45) is 16.9. The van der Waals surface area contributed by atoms with E-state index in [2.05, 4.69) is 25.8 Å². The van der Waals surface area contributed by atoms with Crippen LogP contribution in [0.15, 0.2) is 29.3 Å². The molecule has 1 aromatic rings. The number of benzene rings is 1. The number of anilines is 1. The molecule has 1 atom stereocenters. The molecule has 43 heavy (non-hydrogen) atoms. The highest BCUT2D eigenvalue weighted by Gasteiger charge is 2.43. The number of halogens is 1. The first kappa shape index (κ1) is 34.6. The van der Waals surface area contributed by atoms with Crippen molar-refractivity contribution in [1.29, 1.82) is 0 Å². The van der Waals surface area contributed by atoms with Gasteiger partial charge < -0.3 is 27.4 Å². The summed E-state index contributed by atoms with van der Waals surface area (Å²) in [5, 5.41) is 9.33. The van der Waals surface area contributed by atoms with Gasteiger partial charge in [0.1, 0.15) is 0 Å². The van der Waals surface area contributed by atoms with Crippen molar-refractivity contribution in [2.45, 2.75) is 114 Å². The number of likely N-dealkylation sites (tertiary alicyclic amines) is 1. The normalized spacial score (nSPS) is 18.1. The molecule has 3 amide bonds. The Kier molecular flexibility index (Phi) is 15.1. The molecule has 10 nitrogen and oxygen atoms in total. The van der Waals surface area contributed by atoms with Gasteiger partial charge in [-0.2, -0.15) is 0 Å². The van der Waals surface area contributed by atoms with E-state index < -0.39 is 11.8 Å². The van der Waals surface area contributed by atoms with Crippen LogP contribution in [0.4, 0.5) is 5.69 Å². The minimum absolute atomic E-state index is 0.0107. The van der Waals surface area contributed by atoms with Crippen LogP contribution in [0.5, 0.6) is 0 Å². The number of aliphatic imine (C=N–C) groups is 1. The van der Waals surface area contributed by atoms with Crippen LogP contribution in [0.25, 0.3) is 0 Å². The topological polar surface area (TPSA) is 155 Å². The molecule has 1 aromatic carbocycles. The maximum Gasteiger partial charge on any atom is 0.313 e. The average Bonchev–Trinajstić information content (AvgIpc) is 2.98. The van der Waals surface area contributed by atoms with Crippen LogP contribution in [-0.2, 0) is 14.4 Å². The number of unbranched alkanes of at least 4 members (excludes halogenated alkanes) is 7. The van der Waals surface area contributed by atoms with Crippen LogP contribution < -0.4 is 27.4 Å². The second-order valence-electron chi connectivity index (χ2n) is 12.1. The summed E-state index contributed by atoms with van der Waals surface area (Å²) in [6.45, 7) is 3.00. The maximum atomic E-state index is 12.7. The zero-order chi connectivity index (χ0) is 30.9. The highest BCUT2D eigenvalue weighted by molar-refractivity contribution is 6.39. The van der Waals surface area contributed by atoms with E-state index in [4.69, 9.17) is 23.1 Å². The first-order valence-corrected chi connectivity index (χ1v) is 16.6. The quantitative estimate of drug-likeness (QED) is 0.0798. The number of carbonyl (C=O) groups excluding carboxylic acids is 3. The molecule has 7 N–H and O–H groups in total. The monoisotopic (exact) mass is 617 g/mol. The van der Waals surface area contributed by atoms with E-state index in [9.17, 15) is 14.4 Å². The Morgan fingerprint density at radius 2 is 1.56 bits per heavy atom. The predicted molar refractivity (Wildman–Crippen MR) is 174 cm³/mol. The first-order chi connectivity index (χ1) is 20.8. The van der Waals surface area contributed by atoms with Crippen LogP contribution in [-0.4, -0.2) is 66.3 Å². The highest BCUT2D eigenvalue weighted by atomic mass is 35.5. The Labute approximate surface area is 262 Å². The van der Waals surface area contributed by atoms with Gasteiger partial charge in [0.2, 0.25) is 5.91 Å². The van der Waals surface area contributed by atoms with Crippen molar-refractivity contribution in [1.82, 2.24) is 15.5 Å². The van der Waals surface area contributed by atoms with Crippen molar-refractivity contribution in [2.75, 3.05) is 31.5 Å². The molecule has 0 radical (unpaired) electrons. The molecule has 240 valence electrons. The highest BCUT2D eigenvalue weighted by Crippen LogP contribution is 2.40. The average molecular weight is 618 g/mol. The van der Waals surface area contributed by atoms with E-state index in [1.165, 1.54) is 38.5 Å². The third-order valence-corrected chi connectivity index (χ3v) is 9.03. The fourth-order valence-corrected chi connectivity index (χ4v) is 6.62. The van der Waals surface area contributed by atoms with Gasteiger partial charge >= 0.3 is 11.8 Å². The SMILES string of the molecule is NC(N)=NCCCCCCCCCCC(=O)NCCN1CCC(NC(=O)C(=O)Nc2ccc(Cl)cc2)CC12CCCCC2. The number of hydrogen-bond acceptors (Lipinski definition) is 5. The van der Waals surface area contributed by atoms with Crippen molar-refractivity contribution in [3.05, 3.63) is 29.3 Å². The van der Waals surface area contributed by atoms with Crippen molar-refractivity contribution in [2.24, 2.45) is 16.5 Å². The molecule has 1 saturated heterocycles. The number of nitrogens with one attached hydrogen (secondary N) is 3. The molecule has 0 aromatic heterocycles. The third kappa shape index (κ3) is 12.7. The summed E-state index contributed by atoms with van der Waals surface area (Å²) < 4.78 is 0. The van der Waals surface area contributed by atoms with Gasteiger partial charge in [-0.25, -0.2) is 0 Å². The molecule has 2 aliphatic rings. The number of hydrogen-bond donors (Lipinski definition) is 5. The molecule has 1 heterocycles. The lowest BCUT2D eigenvalue weighted by molar-refractivity contribution is -0.137. The number of carbonyl (C=O) groups is 3. The molecule has 1 aliphatic heterocycles. The largest absolute Gasteiger partial charge is 0.370 e. The van der Waals surface area contributed by atoms with E-state index >= 15 is 0 Å². The van der Waals surface area contributed by atoms with E-state index in [1.54, 1.807) is 24.3 Å². The van der Waals surface area contributed by atoms with E-state index in [-0.39, 0.29) is 23.4 Å². The van der Waals surface area contributed by atoms with Gasteiger partial charge in [-0.3, -0.25) is 24.3 Å². The van der Waals surface area contributed by atoms with Crippen LogP contribution in [0, 0.1) is 0 Å². The Hall–Kier alpha value is -2.85. The minimum atomic E-state index is -0.666.